The molecule has 0 bridgehead atoms. The molecule has 2 nitrogen and oxygen atoms in total. The molecule has 0 aliphatic rings. The van der Waals surface area contributed by atoms with Crippen LogP contribution in [0.15, 0.2) is 0 Å². The van der Waals surface area contributed by atoms with E-state index in [2.05, 4.69) is 18.9 Å². The zero-order valence-electron chi connectivity index (χ0n) is 9.68. The van der Waals surface area contributed by atoms with Crippen molar-refractivity contribution in [3.8, 4) is 0 Å². The second-order valence-corrected chi connectivity index (χ2v) is 4.67. The molecule has 0 saturated heterocycles. The normalized spacial score (nSPS) is 12.2. The molecule has 0 aromatic carbocycles. The molecule has 0 amide bonds. The van der Waals surface area contributed by atoms with E-state index in [0.29, 0.717) is 12.2 Å². The van der Waals surface area contributed by atoms with Crippen molar-refractivity contribution >= 4 is 5.78 Å². The second kappa shape index (κ2) is 5.38. The Labute approximate surface area is 82.3 Å². The zero-order valence-corrected chi connectivity index (χ0v) is 9.68. The number of carbonyl (C=O) groups is 1. The van der Waals surface area contributed by atoms with Crippen LogP contribution < -0.4 is 0 Å². The molecule has 0 aliphatic carbocycles. The number of carbonyl (C=O) groups excluding carboxylic acids is 1. The number of Topliss-reactive ketones (excluding diaryl/α,β-unsaturated/α-hetero) is 1. The van der Waals surface area contributed by atoms with Gasteiger partial charge in [-0.2, -0.15) is 0 Å². The Hall–Kier alpha value is -0.370. The van der Waals surface area contributed by atoms with Crippen molar-refractivity contribution in [2.45, 2.75) is 40.5 Å². The number of hydrogen-bond donors (Lipinski definition) is 0. The van der Waals surface area contributed by atoms with Gasteiger partial charge in [-0.3, -0.25) is 4.79 Å². The molecule has 78 valence electrons. The highest BCUT2D eigenvalue weighted by Crippen LogP contribution is 2.17. The van der Waals surface area contributed by atoms with E-state index in [9.17, 15) is 4.79 Å². The summed E-state index contributed by atoms with van der Waals surface area (Å²) in [6.07, 6.45) is 1.70. The van der Waals surface area contributed by atoms with Crippen molar-refractivity contribution in [2.24, 2.45) is 5.41 Å². The lowest BCUT2D eigenvalue weighted by atomic mass is 9.88. The predicted octanol–water partition coefficient (Wildman–Crippen LogP) is 2.33. The quantitative estimate of drug-likeness (QED) is 0.655. The standard InChI is InChI=1S/C11H23NO/c1-6-12(5)9-7-8-10(13)11(2,3)4/h6-9H2,1-5H3. The fourth-order valence-corrected chi connectivity index (χ4v) is 1.04. The first kappa shape index (κ1) is 12.6. The number of ketones is 1. The van der Waals surface area contributed by atoms with Crippen LogP contribution in [0.5, 0.6) is 0 Å². The Morgan fingerprint density at radius 3 is 2.23 bits per heavy atom. The number of hydrogen-bond acceptors (Lipinski definition) is 2. The van der Waals surface area contributed by atoms with Gasteiger partial charge in [0, 0.05) is 11.8 Å². The SMILES string of the molecule is CCN(C)CCCC(=O)C(C)(C)C. The molecule has 0 aromatic heterocycles. The van der Waals surface area contributed by atoms with Crippen molar-refractivity contribution in [3.63, 3.8) is 0 Å². The van der Waals surface area contributed by atoms with Crippen molar-refractivity contribution in [2.75, 3.05) is 20.1 Å². The maximum atomic E-state index is 11.5. The summed E-state index contributed by atoms with van der Waals surface area (Å²) in [6, 6.07) is 0. The zero-order chi connectivity index (χ0) is 10.5. The van der Waals surface area contributed by atoms with E-state index in [0.717, 1.165) is 19.5 Å². The summed E-state index contributed by atoms with van der Waals surface area (Å²) in [5, 5.41) is 0. The molecular formula is C11H23NO. The first-order valence-electron chi connectivity index (χ1n) is 5.09. The summed E-state index contributed by atoms with van der Waals surface area (Å²) >= 11 is 0. The second-order valence-electron chi connectivity index (χ2n) is 4.67. The molecule has 0 N–H and O–H groups in total. The summed E-state index contributed by atoms with van der Waals surface area (Å²) in [4.78, 5) is 13.7. The smallest absolute Gasteiger partial charge is 0.138 e. The van der Waals surface area contributed by atoms with Crippen molar-refractivity contribution < 1.29 is 4.79 Å². The van der Waals surface area contributed by atoms with Gasteiger partial charge in [-0.25, -0.2) is 0 Å². The van der Waals surface area contributed by atoms with Crippen LogP contribution in [0.1, 0.15) is 40.5 Å². The molecule has 13 heavy (non-hydrogen) atoms. The Balaban J connectivity index is 3.60. The maximum absolute atomic E-state index is 11.5. The van der Waals surface area contributed by atoms with Gasteiger partial charge in [0.2, 0.25) is 0 Å². The molecule has 0 aliphatic heterocycles. The summed E-state index contributed by atoms with van der Waals surface area (Å²) in [7, 11) is 2.08. The largest absolute Gasteiger partial charge is 0.307 e. The first-order chi connectivity index (χ1) is 5.88. The molecule has 0 radical (unpaired) electrons. The molecule has 0 rings (SSSR count). The highest BCUT2D eigenvalue weighted by molar-refractivity contribution is 5.83. The highest BCUT2D eigenvalue weighted by atomic mass is 16.1. The van der Waals surface area contributed by atoms with Crippen molar-refractivity contribution in [1.29, 1.82) is 0 Å². The van der Waals surface area contributed by atoms with Gasteiger partial charge in [0.15, 0.2) is 0 Å². The Morgan fingerprint density at radius 1 is 1.31 bits per heavy atom. The lowest BCUT2D eigenvalue weighted by Crippen LogP contribution is -2.23. The third kappa shape index (κ3) is 5.81. The van der Waals surface area contributed by atoms with Crippen LogP contribution in [0.2, 0.25) is 0 Å². The predicted molar refractivity (Wildman–Crippen MR) is 56.9 cm³/mol. The van der Waals surface area contributed by atoms with Gasteiger partial charge in [-0.1, -0.05) is 27.7 Å². The van der Waals surface area contributed by atoms with Gasteiger partial charge in [0.1, 0.15) is 5.78 Å². The van der Waals surface area contributed by atoms with Crippen molar-refractivity contribution in [1.82, 2.24) is 4.90 Å². The molecular weight excluding hydrogens is 162 g/mol. The van der Waals surface area contributed by atoms with E-state index in [4.69, 9.17) is 0 Å². The molecule has 0 fully saturated rings. The molecule has 0 heterocycles. The van der Waals surface area contributed by atoms with Crippen LogP contribution in [-0.4, -0.2) is 30.8 Å². The van der Waals surface area contributed by atoms with E-state index in [-0.39, 0.29) is 5.41 Å². The fourth-order valence-electron chi connectivity index (χ4n) is 1.04. The van der Waals surface area contributed by atoms with Gasteiger partial charge < -0.3 is 4.90 Å². The van der Waals surface area contributed by atoms with Crippen molar-refractivity contribution in [3.05, 3.63) is 0 Å². The molecule has 0 saturated carbocycles. The average molecular weight is 185 g/mol. The van der Waals surface area contributed by atoms with Gasteiger partial charge >= 0.3 is 0 Å². The maximum Gasteiger partial charge on any atom is 0.138 e. The monoisotopic (exact) mass is 185 g/mol. The third-order valence-electron chi connectivity index (χ3n) is 2.32. The van der Waals surface area contributed by atoms with E-state index >= 15 is 0 Å². The van der Waals surface area contributed by atoms with Gasteiger partial charge in [0.05, 0.1) is 0 Å². The van der Waals surface area contributed by atoms with Crippen LogP contribution >= 0.6 is 0 Å². The van der Waals surface area contributed by atoms with Crippen LogP contribution in [0.25, 0.3) is 0 Å². The van der Waals surface area contributed by atoms with Crippen LogP contribution in [0.3, 0.4) is 0 Å². The van der Waals surface area contributed by atoms with E-state index < -0.39 is 0 Å². The van der Waals surface area contributed by atoms with Crippen LogP contribution in [-0.2, 0) is 4.79 Å². The summed E-state index contributed by atoms with van der Waals surface area (Å²) in [6.45, 7) is 10.2. The van der Waals surface area contributed by atoms with Crippen LogP contribution in [0, 0.1) is 5.41 Å². The Kier molecular flexibility index (Phi) is 5.23. The van der Waals surface area contributed by atoms with E-state index in [1.807, 2.05) is 20.8 Å². The highest BCUT2D eigenvalue weighted by Gasteiger charge is 2.19. The lowest BCUT2D eigenvalue weighted by Gasteiger charge is -2.18. The van der Waals surface area contributed by atoms with Gasteiger partial charge in [0.25, 0.3) is 0 Å². The number of nitrogens with zero attached hydrogens (tertiary/aromatic N) is 1. The third-order valence-corrected chi connectivity index (χ3v) is 2.32. The first-order valence-corrected chi connectivity index (χ1v) is 5.09. The average Bonchev–Trinajstić information content (AvgIpc) is 2.02. The minimum Gasteiger partial charge on any atom is -0.307 e. The summed E-state index contributed by atoms with van der Waals surface area (Å²) in [5.41, 5.74) is -0.162. The minimum absolute atomic E-state index is 0.162. The lowest BCUT2D eigenvalue weighted by molar-refractivity contribution is -0.126. The Morgan fingerprint density at radius 2 is 1.85 bits per heavy atom. The molecule has 0 unspecified atom stereocenters. The minimum atomic E-state index is -0.162. The van der Waals surface area contributed by atoms with E-state index in [1.54, 1.807) is 0 Å². The summed E-state index contributed by atoms with van der Waals surface area (Å²) in [5.74, 6) is 0.372. The van der Waals surface area contributed by atoms with Gasteiger partial charge in [-0.05, 0) is 26.6 Å². The van der Waals surface area contributed by atoms with Crippen LogP contribution in [0.4, 0.5) is 0 Å². The molecule has 0 spiro atoms. The molecule has 0 atom stereocenters. The molecule has 2 heteroatoms. The van der Waals surface area contributed by atoms with Gasteiger partial charge in [-0.15, -0.1) is 0 Å². The number of rotatable bonds is 5. The fraction of sp³-hybridized carbons (Fsp3) is 0.909. The topological polar surface area (TPSA) is 20.3 Å². The molecule has 0 aromatic rings. The van der Waals surface area contributed by atoms with E-state index in [1.165, 1.54) is 0 Å². The Bertz CT molecular complexity index is 158. The summed E-state index contributed by atoms with van der Waals surface area (Å²) < 4.78 is 0.